The molecule has 20 heavy (non-hydrogen) atoms. The second kappa shape index (κ2) is 15.4. The number of esters is 1. The van der Waals surface area contributed by atoms with Gasteiger partial charge in [-0.1, -0.05) is 26.5 Å². The van der Waals surface area contributed by atoms with Gasteiger partial charge >= 0.3 is 5.97 Å². The van der Waals surface area contributed by atoms with Crippen LogP contribution < -0.4 is 5.32 Å². The van der Waals surface area contributed by atoms with Gasteiger partial charge in [0.25, 0.3) is 0 Å². The number of hydrogen-bond acceptors (Lipinski definition) is 5. The molecule has 2 N–H and O–H groups in total. The van der Waals surface area contributed by atoms with Gasteiger partial charge in [0.1, 0.15) is 13.3 Å². The van der Waals surface area contributed by atoms with Crippen LogP contribution in [-0.4, -0.2) is 43.5 Å². The van der Waals surface area contributed by atoms with Crippen LogP contribution in [0.25, 0.3) is 0 Å². The summed E-state index contributed by atoms with van der Waals surface area (Å²) in [5, 5.41) is 10.7. The summed E-state index contributed by atoms with van der Waals surface area (Å²) >= 11 is 0. The molecule has 0 aliphatic rings. The molecular weight excluding hydrogens is 262 g/mol. The summed E-state index contributed by atoms with van der Waals surface area (Å²) in [6, 6.07) is 0. The van der Waals surface area contributed by atoms with E-state index in [9.17, 15) is 9.59 Å². The minimum Gasteiger partial charge on any atom is -0.460 e. The Morgan fingerprint density at radius 1 is 1.35 bits per heavy atom. The van der Waals surface area contributed by atoms with Gasteiger partial charge in [-0.15, -0.1) is 0 Å². The summed E-state index contributed by atoms with van der Waals surface area (Å²) in [5.74, 6) is -0.648. The third-order valence-electron chi connectivity index (χ3n) is 1.85. The van der Waals surface area contributed by atoms with Gasteiger partial charge in [0.05, 0.1) is 6.61 Å². The molecule has 0 saturated carbocycles. The lowest BCUT2D eigenvalue weighted by Gasteiger charge is -2.02. The second-order valence-corrected chi connectivity index (χ2v) is 3.79. The maximum absolute atomic E-state index is 10.5. The molecule has 0 aromatic heterocycles. The molecule has 0 atom stereocenters. The number of aliphatic hydroxyl groups excluding tert-OH is 1. The maximum atomic E-state index is 10.5. The van der Waals surface area contributed by atoms with Crippen molar-refractivity contribution in [3.63, 3.8) is 0 Å². The predicted molar refractivity (Wildman–Crippen MR) is 76.9 cm³/mol. The molecule has 0 aromatic carbocycles. The largest absolute Gasteiger partial charge is 0.460 e. The Bertz CT molecular complexity index is 302. The number of carbonyl (C=O) groups is 2. The molecule has 1 amide bonds. The van der Waals surface area contributed by atoms with E-state index in [1.165, 1.54) is 6.08 Å². The van der Waals surface area contributed by atoms with Gasteiger partial charge in [-0.2, -0.15) is 0 Å². The fraction of sp³-hybridized carbons (Fsp3) is 0.571. The van der Waals surface area contributed by atoms with E-state index in [2.05, 4.69) is 30.1 Å². The molecule has 0 unspecified atom stereocenters. The van der Waals surface area contributed by atoms with Crippen LogP contribution in [0.1, 0.15) is 26.7 Å². The van der Waals surface area contributed by atoms with Crippen LogP contribution >= 0.6 is 0 Å². The third-order valence-corrected chi connectivity index (χ3v) is 1.85. The Kier molecular flexibility index (Phi) is 15.9. The number of carbonyl (C=O) groups excluding carboxylic acids is 2. The first-order valence-electron chi connectivity index (χ1n) is 6.41. The monoisotopic (exact) mass is 287 g/mol. The molecule has 0 rings (SSSR count). The topological polar surface area (TPSA) is 84.9 Å². The minimum atomic E-state index is -0.455. The van der Waals surface area contributed by atoms with E-state index in [-0.39, 0.29) is 25.9 Å². The van der Waals surface area contributed by atoms with Gasteiger partial charge in [-0.05, 0) is 19.4 Å². The third kappa shape index (κ3) is 16.3. The van der Waals surface area contributed by atoms with Gasteiger partial charge in [0, 0.05) is 12.2 Å². The van der Waals surface area contributed by atoms with Crippen LogP contribution in [0.3, 0.4) is 0 Å². The standard InChI is InChI=1S/C8H15NO2.C6H10O3/c1-3-5-6-11-7-9-8(10)4-2;1-5(2)6(8)9-4-3-7/h4H,2-3,5-7H2,1H3,(H,9,10);7H,1,3-4H2,2H3. The Morgan fingerprint density at radius 3 is 2.45 bits per heavy atom. The van der Waals surface area contributed by atoms with Gasteiger partial charge < -0.3 is 19.9 Å². The lowest BCUT2D eigenvalue weighted by Crippen LogP contribution is -2.23. The molecule has 0 aliphatic heterocycles. The van der Waals surface area contributed by atoms with Crippen molar-refractivity contribution in [2.24, 2.45) is 0 Å². The van der Waals surface area contributed by atoms with Gasteiger partial charge in [0.2, 0.25) is 5.91 Å². The summed E-state index contributed by atoms with van der Waals surface area (Å²) in [4.78, 5) is 21.0. The molecule has 0 spiro atoms. The van der Waals surface area contributed by atoms with Crippen molar-refractivity contribution in [3.8, 4) is 0 Å². The molecule has 0 aromatic rings. The predicted octanol–water partition coefficient (Wildman–Crippen LogP) is 1.16. The average Bonchev–Trinajstić information content (AvgIpc) is 2.44. The second-order valence-electron chi connectivity index (χ2n) is 3.79. The molecule has 6 heteroatoms. The van der Waals surface area contributed by atoms with Crippen LogP contribution in [-0.2, 0) is 19.1 Å². The number of rotatable bonds is 9. The van der Waals surface area contributed by atoms with Crippen molar-refractivity contribution in [1.82, 2.24) is 5.32 Å². The lowest BCUT2D eigenvalue weighted by atomic mass is 10.4. The molecule has 116 valence electrons. The van der Waals surface area contributed by atoms with Crippen LogP contribution in [0.2, 0.25) is 0 Å². The summed E-state index contributed by atoms with van der Waals surface area (Å²) in [5.41, 5.74) is 0.350. The fourth-order valence-corrected chi connectivity index (χ4v) is 0.774. The summed E-state index contributed by atoms with van der Waals surface area (Å²) in [6.07, 6.45) is 3.36. The number of aliphatic hydroxyl groups is 1. The van der Waals surface area contributed by atoms with Crippen LogP contribution in [0.15, 0.2) is 24.8 Å². The fourth-order valence-electron chi connectivity index (χ4n) is 0.774. The Hall–Kier alpha value is -1.66. The Balaban J connectivity index is 0. The first-order valence-corrected chi connectivity index (χ1v) is 6.41. The number of unbranched alkanes of at least 4 members (excludes halogenated alkanes) is 1. The molecule has 6 nitrogen and oxygen atoms in total. The van der Waals surface area contributed by atoms with Crippen molar-refractivity contribution in [2.75, 3.05) is 26.6 Å². The van der Waals surface area contributed by atoms with E-state index in [1.54, 1.807) is 6.92 Å². The molecule has 0 aliphatic carbocycles. The molecular formula is C14H25NO5. The zero-order chi connectivity index (χ0) is 15.8. The van der Waals surface area contributed by atoms with Crippen molar-refractivity contribution >= 4 is 11.9 Å². The smallest absolute Gasteiger partial charge is 0.333 e. The summed E-state index contributed by atoms with van der Waals surface area (Å²) in [6.45, 7) is 11.2. The molecule has 0 fully saturated rings. The highest BCUT2D eigenvalue weighted by Crippen LogP contribution is 1.90. The highest BCUT2D eigenvalue weighted by molar-refractivity contribution is 5.87. The van der Waals surface area contributed by atoms with Crippen LogP contribution in [0.5, 0.6) is 0 Å². The van der Waals surface area contributed by atoms with Gasteiger partial charge in [-0.25, -0.2) is 4.79 Å². The number of nitrogens with one attached hydrogen (secondary N) is 1. The van der Waals surface area contributed by atoms with E-state index in [4.69, 9.17) is 9.84 Å². The zero-order valence-electron chi connectivity index (χ0n) is 12.3. The SMILES string of the molecule is C=C(C)C(=O)OCCO.C=CC(=O)NCOCCCC. The average molecular weight is 287 g/mol. The molecule has 0 heterocycles. The summed E-state index contributed by atoms with van der Waals surface area (Å²) < 4.78 is 9.53. The zero-order valence-corrected chi connectivity index (χ0v) is 12.3. The van der Waals surface area contributed by atoms with E-state index < -0.39 is 5.97 Å². The van der Waals surface area contributed by atoms with Crippen LogP contribution in [0, 0.1) is 0 Å². The molecule has 0 radical (unpaired) electrons. The van der Waals surface area contributed by atoms with Crippen LogP contribution in [0.4, 0.5) is 0 Å². The molecule has 0 saturated heterocycles. The lowest BCUT2D eigenvalue weighted by molar-refractivity contribution is -0.139. The molecule has 0 bridgehead atoms. The highest BCUT2D eigenvalue weighted by atomic mass is 16.5. The van der Waals surface area contributed by atoms with E-state index in [1.807, 2.05) is 0 Å². The number of ether oxygens (including phenoxy) is 2. The summed E-state index contributed by atoms with van der Waals surface area (Å²) in [7, 11) is 0. The van der Waals surface area contributed by atoms with Crippen molar-refractivity contribution in [3.05, 3.63) is 24.8 Å². The minimum absolute atomic E-state index is 0.0473. The van der Waals surface area contributed by atoms with Crippen molar-refractivity contribution in [2.45, 2.75) is 26.7 Å². The van der Waals surface area contributed by atoms with Crippen molar-refractivity contribution < 1.29 is 24.2 Å². The van der Waals surface area contributed by atoms with Gasteiger partial charge in [-0.3, -0.25) is 4.79 Å². The number of hydrogen-bond donors (Lipinski definition) is 2. The highest BCUT2D eigenvalue weighted by Gasteiger charge is 1.99. The van der Waals surface area contributed by atoms with E-state index in [0.29, 0.717) is 12.2 Å². The first-order chi connectivity index (χ1) is 9.49. The number of amides is 1. The maximum Gasteiger partial charge on any atom is 0.333 e. The van der Waals surface area contributed by atoms with E-state index >= 15 is 0 Å². The van der Waals surface area contributed by atoms with Crippen molar-refractivity contribution in [1.29, 1.82) is 0 Å². The van der Waals surface area contributed by atoms with E-state index in [0.717, 1.165) is 12.8 Å². The normalized spacial score (nSPS) is 8.95. The quantitative estimate of drug-likeness (QED) is 0.288. The Labute approximate surface area is 120 Å². The Morgan fingerprint density at radius 2 is 2.00 bits per heavy atom. The first kappa shape index (κ1) is 20.7. The van der Waals surface area contributed by atoms with Gasteiger partial charge in [0.15, 0.2) is 0 Å².